The number of esters is 1. The minimum Gasteiger partial charge on any atom is -0.457 e. The van der Waals surface area contributed by atoms with Crippen molar-refractivity contribution in [3.8, 4) is 0 Å². The third-order valence-electron chi connectivity index (χ3n) is 11.5. The number of carbonyl (C=O) groups excluding carboxylic acids is 1. The second kappa shape index (κ2) is 47.2. The molecule has 1 fully saturated rings. The van der Waals surface area contributed by atoms with Crippen LogP contribution in [0.2, 0.25) is 0 Å². The highest BCUT2D eigenvalue weighted by Crippen LogP contribution is 2.22. The monoisotopic (exact) mass is 925 g/mol. The quantitative estimate of drug-likeness (QED) is 0.0268. The topological polar surface area (TPSA) is 135 Å². The molecule has 66 heavy (non-hydrogen) atoms. The summed E-state index contributed by atoms with van der Waals surface area (Å²) < 4.78 is 22.8. The summed E-state index contributed by atoms with van der Waals surface area (Å²) in [5, 5.41) is 40.3. The number of hydrogen-bond acceptors (Lipinski definition) is 9. The number of rotatable bonds is 44. The van der Waals surface area contributed by atoms with Crippen molar-refractivity contribution < 1.29 is 44.2 Å². The lowest BCUT2D eigenvalue weighted by molar-refractivity contribution is -0.305. The summed E-state index contributed by atoms with van der Waals surface area (Å²) in [6.07, 6.45) is 58.8. The average molecular weight is 925 g/mol. The van der Waals surface area contributed by atoms with E-state index in [-0.39, 0.29) is 19.2 Å². The van der Waals surface area contributed by atoms with E-state index in [4.69, 9.17) is 18.9 Å². The van der Waals surface area contributed by atoms with Crippen molar-refractivity contribution in [1.82, 2.24) is 0 Å². The number of unbranched alkanes of at least 4 members (excludes halogenated alkanes) is 17. The maximum atomic E-state index is 12.9. The molecule has 1 aliphatic rings. The summed E-state index contributed by atoms with van der Waals surface area (Å²) >= 11 is 0. The van der Waals surface area contributed by atoms with Gasteiger partial charge in [-0.05, 0) is 89.9 Å². The fourth-order valence-electron chi connectivity index (χ4n) is 7.42. The molecule has 0 aromatic heterocycles. The van der Waals surface area contributed by atoms with Gasteiger partial charge in [-0.3, -0.25) is 4.79 Å². The Morgan fingerprint density at radius 3 is 1.39 bits per heavy atom. The lowest BCUT2D eigenvalue weighted by atomic mass is 9.99. The number of aliphatic hydroxyl groups is 4. The molecule has 0 spiro atoms. The van der Waals surface area contributed by atoms with E-state index in [1.165, 1.54) is 96.3 Å². The van der Waals surface area contributed by atoms with Crippen molar-refractivity contribution in [3.05, 3.63) is 97.2 Å². The fraction of sp³-hybridized carbons (Fsp3) is 0.702. The van der Waals surface area contributed by atoms with Gasteiger partial charge in [-0.15, -0.1) is 0 Å². The summed E-state index contributed by atoms with van der Waals surface area (Å²) in [5.74, 6) is -0.338. The van der Waals surface area contributed by atoms with E-state index in [0.29, 0.717) is 13.0 Å². The summed E-state index contributed by atoms with van der Waals surface area (Å²) in [6, 6.07) is 0. The highest BCUT2D eigenvalue weighted by atomic mass is 16.7. The van der Waals surface area contributed by atoms with E-state index in [0.717, 1.165) is 77.0 Å². The first-order valence-electron chi connectivity index (χ1n) is 26.3. The normalized spacial score (nSPS) is 20.1. The Morgan fingerprint density at radius 2 is 0.924 bits per heavy atom. The third-order valence-corrected chi connectivity index (χ3v) is 11.5. The molecular formula is C57H96O9. The third kappa shape index (κ3) is 37.1. The van der Waals surface area contributed by atoms with Crippen molar-refractivity contribution >= 4 is 5.97 Å². The zero-order valence-corrected chi connectivity index (χ0v) is 41.7. The number of carbonyl (C=O) groups is 1. The maximum absolute atomic E-state index is 12.9. The molecule has 6 unspecified atom stereocenters. The van der Waals surface area contributed by atoms with Gasteiger partial charge in [0.25, 0.3) is 0 Å². The molecule has 378 valence electrons. The molecule has 0 aromatic rings. The van der Waals surface area contributed by atoms with Gasteiger partial charge in [0.15, 0.2) is 6.29 Å². The molecule has 0 bridgehead atoms. The van der Waals surface area contributed by atoms with Crippen LogP contribution >= 0.6 is 0 Å². The zero-order chi connectivity index (χ0) is 47.8. The zero-order valence-electron chi connectivity index (χ0n) is 41.7. The van der Waals surface area contributed by atoms with E-state index in [1.807, 2.05) is 0 Å². The lowest BCUT2D eigenvalue weighted by Crippen LogP contribution is -2.59. The van der Waals surface area contributed by atoms with Gasteiger partial charge in [-0.25, -0.2) is 0 Å². The van der Waals surface area contributed by atoms with Crippen LogP contribution in [-0.4, -0.2) is 89.6 Å². The van der Waals surface area contributed by atoms with Gasteiger partial charge in [-0.1, -0.05) is 195 Å². The SMILES string of the molecule is CC/C=C\C/C=C\C/C=C\C/C=C\C/C=C\C/C=C\CCCOCC(COC1OC(CO)C(O)C(O)C1O)OC(=O)CCCCCCCCCCCCC/C=C\C/C=C\CCCCCCC. The molecule has 1 aliphatic heterocycles. The summed E-state index contributed by atoms with van der Waals surface area (Å²) in [6.45, 7) is 4.28. The molecule has 1 heterocycles. The van der Waals surface area contributed by atoms with E-state index in [1.54, 1.807) is 0 Å². The Balaban J connectivity index is 2.25. The van der Waals surface area contributed by atoms with Crippen LogP contribution < -0.4 is 0 Å². The second-order valence-corrected chi connectivity index (χ2v) is 17.6. The predicted octanol–water partition coefficient (Wildman–Crippen LogP) is 13.1. The molecule has 0 radical (unpaired) electrons. The molecule has 0 aromatic carbocycles. The molecule has 0 aliphatic carbocycles. The van der Waals surface area contributed by atoms with Gasteiger partial charge in [-0.2, -0.15) is 0 Å². The standard InChI is InChI=1S/C57H96O9/c1-3-5-7-9-11-13-15-17-19-21-23-25-26-27-28-30-32-34-36-38-40-42-44-46-53(59)65-51(50-64-57-56(62)55(61)54(60)52(48-58)66-57)49-63-47-45-43-41-39-37-35-33-31-29-24-22-20-18-16-14-12-10-8-6-4-2/h6,8,12,14-15,17-18,20-21,23-24,29,33,35,39,41,51-52,54-58,60-62H,3-5,7,9-11,13,16,19,22,25-28,30-32,34,36-38,40,42-50H2,1-2H3/b8-6-,14-12-,17-15-,20-18-,23-21-,29-24-,35-33-,41-39-. The molecule has 4 N–H and O–H groups in total. The van der Waals surface area contributed by atoms with Gasteiger partial charge in [0.2, 0.25) is 0 Å². The Kier molecular flexibility index (Phi) is 43.7. The van der Waals surface area contributed by atoms with Gasteiger partial charge < -0.3 is 39.4 Å². The van der Waals surface area contributed by atoms with Gasteiger partial charge in [0.1, 0.15) is 30.5 Å². The number of hydrogen-bond donors (Lipinski definition) is 4. The molecule has 0 amide bonds. The number of ether oxygens (including phenoxy) is 4. The molecule has 9 heteroatoms. The van der Waals surface area contributed by atoms with Crippen LogP contribution in [0.25, 0.3) is 0 Å². The molecule has 1 rings (SSSR count). The molecular weight excluding hydrogens is 829 g/mol. The second-order valence-electron chi connectivity index (χ2n) is 17.6. The van der Waals surface area contributed by atoms with Gasteiger partial charge in [0.05, 0.1) is 19.8 Å². The Labute approximate surface area is 402 Å². The van der Waals surface area contributed by atoms with Crippen molar-refractivity contribution in [2.24, 2.45) is 0 Å². The minimum atomic E-state index is -1.55. The predicted molar refractivity (Wildman–Crippen MR) is 274 cm³/mol. The van der Waals surface area contributed by atoms with Crippen LogP contribution in [0, 0.1) is 0 Å². The minimum absolute atomic E-state index is 0.0984. The first kappa shape index (κ1) is 61.1. The first-order chi connectivity index (χ1) is 32.4. The Bertz CT molecular complexity index is 1330. The smallest absolute Gasteiger partial charge is 0.306 e. The highest BCUT2D eigenvalue weighted by Gasteiger charge is 2.44. The van der Waals surface area contributed by atoms with Crippen molar-refractivity contribution in [2.75, 3.05) is 26.4 Å². The maximum Gasteiger partial charge on any atom is 0.306 e. The lowest BCUT2D eigenvalue weighted by Gasteiger charge is -2.39. The van der Waals surface area contributed by atoms with Crippen molar-refractivity contribution in [2.45, 2.75) is 230 Å². The van der Waals surface area contributed by atoms with E-state index < -0.39 is 43.4 Å². The van der Waals surface area contributed by atoms with E-state index in [9.17, 15) is 25.2 Å². The molecule has 9 nitrogen and oxygen atoms in total. The average Bonchev–Trinajstić information content (AvgIpc) is 3.32. The summed E-state index contributed by atoms with van der Waals surface area (Å²) in [4.78, 5) is 12.9. The first-order valence-corrected chi connectivity index (χ1v) is 26.3. The van der Waals surface area contributed by atoms with Crippen molar-refractivity contribution in [1.29, 1.82) is 0 Å². The summed E-state index contributed by atoms with van der Waals surface area (Å²) in [7, 11) is 0. The molecule has 0 saturated carbocycles. The van der Waals surface area contributed by atoms with Gasteiger partial charge in [0, 0.05) is 13.0 Å². The van der Waals surface area contributed by atoms with Crippen LogP contribution in [0.1, 0.15) is 194 Å². The summed E-state index contributed by atoms with van der Waals surface area (Å²) in [5.41, 5.74) is 0. The van der Waals surface area contributed by atoms with E-state index in [2.05, 4.69) is 111 Å². The number of aliphatic hydroxyl groups excluding tert-OH is 4. The van der Waals surface area contributed by atoms with Crippen LogP contribution in [0.15, 0.2) is 97.2 Å². The van der Waals surface area contributed by atoms with Crippen LogP contribution in [-0.2, 0) is 23.7 Å². The Hall–Kier alpha value is -2.89. The van der Waals surface area contributed by atoms with Gasteiger partial charge >= 0.3 is 5.97 Å². The number of allylic oxidation sites excluding steroid dienone is 16. The van der Waals surface area contributed by atoms with Crippen LogP contribution in [0.4, 0.5) is 0 Å². The Morgan fingerprint density at radius 1 is 0.500 bits per heavy atom. The van der Waals surface area contributed by atoms with E-state index >= 15 is 0 Å². The molecule has 6 atom stereocenters. The van der Waals surface area contributed by atoms with Crippen LogP contribution in [0.3, 0.4) is 0 Å². The van der Waals surface area contributed by atoms with Crippen LogP contribution in [0.5, 0.6) is 0 Å². The fourth-order valence-corrected chi connectivity index (χ4v) is 7.42. The van der Waals surface area contributed by atoms with Crippen molar-refractivity contribution in [3.63, 3.8) is 0 Å². The molecule has 1 saturated heterocycles. The largest absolute Gasteiger partial charge is 0.457 e. The highest BCUT2D eigenvalue weighted by molar-refractivity contribution is 5.69.